The first-order valence-electron chi connectivity index (χ1n) is 8.60. The predicted molar refractivity (Wildman–Crippen MR) is 114 cm³/mol. The second-order valence-electron chi connectivity index (χ2n) is 5.88. The van der Waals surface area contributed by atoms with Crippen molar-refractivity contribution in [2.45, 2.75) is 13.2 Å². The van der Waals surface area contributed by atoms with Gasteiger partial charge in [0.05, 0.1) is 12.4 Å². The Balaban J connectivity index is 1.43. The largest absolute Gasteiger partial charge is 0.391 e. The summed E-state index contributed by atoms with van der Waals surface area (Å²) < 4.78 is 0. The van der Waals surface area contributed by atoms with Crippen molar-refractivity contribution in [2.75, 3.05) is 0 Å². The smallest absolute Gasteiger partial charge is 0.142 e. The lowest BCUT2D eigenvalue weighted by Crippen LogP contribution is -1.92. The Morgan fingerprint density at radius 3 is 1.39 bits per heavy atom. The van der Waals surface area contributed by atoms with E-state index in [9.17, 15) is 0 Å². The van der Waals surface area contributed by atoms with Crippen molar-refractivity contribution in [3.05, 3.63) is 105 Å². The van der Waals surface area contributed by atoms with Gasteiger partial charge in [0.25, 0.3) is 0 Å². The zero-order chi connectivity index (χ0) is 19.6. The van der Waals surface area contributed by atoms with Crippen LogP contribution in [0.4, 0.5) is 0 Å². The van der Waals surface area contributed by atoms with Crippen LogP contribution in [0.5, 0.6) is 0 Å². The summed E-state index contributed by atoms with van der Waals surface area (Å²) in [7, 11) is 0. The van der Waals surface area contributed by atoms with Gasteiger partial charge >= 0.3 is 0 Å². The van der Waals surface area contributed by atoms with Crippen LogP contribution in [0, 0.1) is 0 Å². The molecule has 3 rings (SSSR count). The van der Waals surface area contributed by atoms with Gasteiger partial charge in [0.1, 0.15) is 13.2 Å². The molecule has 0 saturated carbocycles. The third-order valence-corrected chi connectivity index (χ3v) is 4.52. The van der Waals surface area contributed by atoms with E-state index in [-0.39, 0.29) is 0 Å². The first-order valence-corrected chi connectivity index (χ1v) is 9.35. The highest BCUT2D eigenvalue weighted by Gasteiger charge is 1.98. The van der Waals surface area contributed by atoms with Gasteiger partial charge in [-0.25, -0.2) is 0 Å². The highest BCUT2D eigenvalue weighted by atomic mass is 35.5. The van der Waals surface area contributed by atoms with Gasteiger partial charge < -0.3 is 9.68 Å². The quantitative estimate of drug-likeness (QED) is 0.331. The molecule has 28 heavy (non-hydrogen) atoms. The Labute approximate surface area is 174 Å². The minimum atomic E-state index is 0.368. The van der Waals surface area contributed by atoms with E-state index in [4.69, 9.17) is 32.9 Å². The summed E-state index contributed by atoms with van der Waals surface area (Å²) in [6, 6.07) is 22.7. The Morgan fingerprint density at radius 2 is 1.00 bits per heavy atom. The van der Waals surface area contributed by atoms with Crippen molar-refractivity contribution >= 4 is 35.6 Å². The normalized spacial score (nSPS) is 11.2. The topological polar surface area (TPSA) is 43.2 Å². The third-order valence-electron chi connectivity index (χ3n) is 3.83. The molecular weight excluding hydrogens is 395 g/mol. The van der Waals surface area contributed by atoms with Gasteiger partial charge in [-0.05, 0) is 23.3 Å². The monoisotopic (exact) mass is 412 g/mol. The summed E-state index contributed by atoms with van der Waals surface area (Å²) in [6.07, 6.45) is 3.20. The van der Waals surface area contributed by atoms with Gasteiger partial charge in [-0.2, -0.15) is 0 Å². The molecule has 0 saturated heterocycles. The van der Waals surface area contributed by atoms with Crippen LogP contribution >= 0.6 is 23.2 Å². The number of oxime groups is 2. The van der Waals surface area contributed by atoms with Crippen molar-refractivity contribution in [3.8, 4) is 0 Å². The fourth-order valence-electron chi connectivity index (χ4n) is 2.30. The highest BCUT2D eigenvalue weighted by Crippen LogP contribution is 2.14. The number of benzene rings is 3. The van der Waals surface area contributed by atoms with Crippen molar-refractivity contribution in [3.63, 3.8) is 0 Å². The van der Waals surface area contributed by atoms with Gasteiger partial charge in [-0.3, -0.25) is 0 Å². The van der Waals surface area contributed by atoms with Crippen LogP contribution in [0.1, 0.15) is 22.3 Å². The van der Waals surface area contributed by atoms with Crippen LogP contribution in [-0.2, 0) is 22.9 Å². The molecule has 0 N–H and O–H groups in total. The first-order chi connectivity index (χ1) is 13.7. The fraction of sp³-hybridized carbons (Fsp3) is 0.0909. The molecule has 0 aromatic heterocycles. The first kappa shape index (κ1) is 19.9. The second kappa shape index (κ2) is 10.5. The summed E-state index contributed by atoms with van der Waals surface area (Å²) in [4.78, 5) is 10.6. The molecule has 0 heterocycles. The van der Waals surface area contributed by atoms with Crippen molar-refractivity contribution in [1.82, 2.24) is 0 Å². The predicted octanol–water partition coefficient (Wildman–Crippen LogP) is 6.09. The second-order valence-corrected chi connectivity index (χ2v) is 6.69. The van der Waals surface area contributed by atoms with Gasteiger partial charge in [0.15, 0.2) is 0 Å². The Morgan fingerprint density at radius 1 is 0.607 bits per heavy atom. The fourth-order valence-corrected chi connectivity index (χ4v) is 2.67. The molecule has 6 heteroatoms. The number of rotatable bonds is 8. The minimum Gasteiger partial charge on any atom is -0.391 e. The maximum Gasteiger partial charge on any atom is 0.142 e. The Bertz CT molecular complexity index is 878. The van der Waals surface area contributed by atoms with E-state index in [1.807, 2.05) is 72.8 Å². The molecule has 0 atom stereocenters. The zero-order valence-corrected chi connectivity index (χ0v) is 16.5. The molecule has 0 unspecified atom stereocenters. The van der Waals surface area contributed by atoms with E-state index < -0.39 is 0 Å². The molecule has 0 aliphatic heterocycles. The number of hydrogen-bond donors (Lipinski definition) is 0. The summed E-state index contributed by atoms with van der Waals surface area (Å²) in [5.41, 5.74) is 3.63. The zero-order valence-electron chi connectivity index (χ0n) is 15.0. The lowest BCUT2D eigenvalue weighted by Gasteiger charge is -2.03. The summed E-state index contributed by atoms with van der Waals surface area (Å²) in [5.74, 6) is 0. The average Bonchev–Trinajstić information content (AvgIpc) is 2.72. The summed E-state index contributed by atoms with van der Waals surface area (Å²) in [5, 5.41) is 9.18. The van der Waals surface area contributed by atoms with E-state index in [2.05, 4.69) is 10.3 Å². The van der Waals surface area contributed by atoms with Crippen molar-refractivity contribution in [2.24, 2.45) is 10.3 Å². The van der Waals surface area contributed by atoms with Gasteiger partial charge in [0.2, 0.25) is 0 Å². The summed E-state index contributed by atoms with van der Waals surface area (Å²) >= 11 is 12.1. The Kier molecular flexibility index (Phi) is 7.47. The molecule has 4 nitrogen and oxygen atoms in total. The van der Waals surface area contributed by atoms with Gasteiger partial charge in [-0.15, -0.1) is 0 Å². The van der Waals surface area contributed by atoms with E-state index in [1.165, 1.54) is 0 Å². The molecule has 0 fully saturated rings. The maximum absolute atomic E-state index is 6.06. The van der Waals surface area contributed by atoms with Gasteiger partial charge in [-0.1, -0.05) is 94.2 Å². The van der Waals surface area contributed by atoms with Crippen LogP contribution in [0.3, 0.4) is 0 Å². The van der Waals surface area contributed by atoms with E-state index in [0.717, 1.165) is 22.3 Å². The van der Waals surface area contributed by atoms with Crippen molar-refractivity contribution in [1.29, 1.82) is 0 Å². The molecule has 0 radical (unpaired) electrons. The molecule has 0 spiro atoms. The van der Waals surface area contributed by atoms with E-state index in [0.29, 0.717) is 23.3 Å². The highest BCUT2D eigenvalue weighted by molar-refractivity contribution is 6.33. The van der Waals surface area contributed by atoms with Crippen LogP contribution < -0.4 is 0 Å². The minimum absolute atomic E-state index is 0.368. The molecule has 0 amide bonds. The molecule has 0 bridgehead atoms. The van der Waals surface area contributed by atoms with E-state index in [1.54, 1.807) is 12.4 Å². The number of hydrogen-bond acceptors (Lipinski definition) is 4. The van der Waals surface area contributed by atoms with E-state index >= 15 is 0 Å². The van der Waals surface area contributed by atoms with Gasteiger partial charge in [0, 0.05) is 21.2 Å². The van der Waals surface area contributed by atoms with Crippen LogP contribution in [0.25, 0.3) is 0 Å². The standard InChI is InChI=1S/C22H18Cl2N2O2/c23-21-7-3-1-5-19(21)13-25-27-15-17-9-11-18(12-10-17)16-28-26-14-20-6-2-4-8-22(20)24/h1-14H,15-16H2/b25-13+,26-14+. The molecule has 3 aromatic rings. The maximum atomic E-state index is 6.06. The molecule has 142 valence electrons. The summed E-state index contributed by atoms with van der Waals surface area (Å²) in [6.45, 7) is 0.736. The Hall–Kier alpha value is -2.82. The van der Waals surface area contributed by atoms with Crippen LogP contribution in [0.15, 0.2) is 83.1 Å². The van der Waals surface area contributed by atoms with Crippen LogP contribution in [-0.4, -0.2) is 12.4 Å². The average molecular weight is 413 g/mol. The number of nitrogens with zero attached hydrogens (tertiary/aromatic N) is 2. The SMILES string of the molecule is Clc1ccccc1/C=N/OCc1ccc(CO/N=C/c2ccccc2Cl)cc1. The lowest BCUT2D eigenvalue weighted by atomic mass is 10.1. The number of halogens is 2. The van der Waals surface area contributed by atoms with Crippen molar-refractivity contribution < 1.29 is 9.68 Å². The molecule has 0 aliphatic rings. The third kappa shape index (κ3) is 6.12. The lowest BCUT2D eigenvalue weighted by molar-refractivity contribution is 0.130. The molecular formula is C22H18Cl2N2O2. The molecule has 3 aromatic carbocycles. The molecule has 0 aliphatic carbocycles. The van der Waals surface area contributed by atoms with Crippen LogP contribution in [0.2, 0.25) is 10.0 Å².